The molecule has 3 aromatic rings. The second-order valence-corrected chi connectivity index (χ2v) is 4.30. The van der Waals surface area contributed by atoms with Gasteiger partial charge in [-0.05, 0) is 48.5 Å². The molecule has 0 spiro atoms. The number of halogens is 1. The molecule has 0 unspecified atom stereocenters. The molecule has 22 heavy (non-hydrogen) atoms. The summed E-state index contributed by atoms with van der Waals surface area (Å²) in [4.78, 5) is 11.8. The fourth-order valence-electron chi connectivity index (χ4n) is 1.79. The maximum atomic E-state index is 12.8. The monoisotopic (exact) mass is 302 g/mol. The van der Waals surface area contributed by atoms with Crippen LogP contribution in [0.15, 0.2) is 57.7 Å². The summed E-state index contributed by atoms with van der Waals surface area (Å²) in [6.45, 7) is 0. The first-order valence-corrected chi connectivity index (χ1v) is 6.34. The fourth-order valence-corrected chi connectivity index (χ4v) is 1.79. The second-order valence-electron chi connectivity index (χ2n) is 4.30. The van der Waals surface area contributed by atoms with Gasteiger partial charge >= 0.3 is 11.8 Å². The lowest BCUT2D eigenvalue weighted by Gasteiger charge is -2.01. The van der Waals surface area contributed by atoms with Crippen LogP contribution in [0.2, 0.25) is 0 Å². The van der Waals surface area contributed by atoms with Crippen molar-refractivity contribution in [1.29, 1.82) is 0 Å². The molecule has 6 nitrogen and oxygen atoms in total. The zero-order valence-electron chi connectivity index (χ0n) is 11.5. The van der Waals surface area contributed by atoms with Gasteiger partial charge in [-0.1, -0.05) is 5.10 Å². The third-order valence-corrected chi connectivity index (χ3v) is 2.86. The van der Waals surface area contributed by atoms with Gasteiger partial charge in [0.05, 0.1) is 12.8 Å². The highest BCUT2D eigenvalue weighted by Gasteiger charge is 2.12. The highest BCUT2D eigenvalue weighted by Crippen LogP contribution is 2.19. The molecule has 0 N–H and O–H groups in total. The van der Waals surface area contributed by atoms with Gasteiger partial charge in [0.15, 0.2) is 0 Å². The second kappa shape index (κ2) is 5.72. The number of aromatic nitrogens is 2. The van der Waals surface area contributed by atoms with Crippen LogP contribution in [0.5, 0.6) is 17.6 Å². The Kier molecular flexibility index (Phi) is 3.61. The summed E-state index contributed by atoms with van der Waals surface area (Å²) in [7, 11) is 1.55. The van der Waals surface area contributed by atoms with Crippen molar-refractivity contribution in [2.24, 2.45) is 0 Å². The molecule has 0 aliphatic rings. The molecule has 0 amide bonds. The molecule has 2 aromatic carbocycles. The Labute approximate surface area is 124 Å². The van der Waals surface area contributed by atoms with E-state index in [1.165, 1.54) is 24.3 Å². The standard InChI is InChI=1S/C15H11FN2O4/c1-20-12-8-4-11(5-9-12)18-15(19)22-14(17-18)21-13-6-2-10(16)3-7-13/h2-9H,1H3. The Morgan fingerprint density at radius 2 is 1.68 bits per heavy atom. The van der Waals surface area contributed by atoms with Crippen LogP contribution < -0.4 is 15.2 Å². The maximum Gasteiger partial charge on any atom is 0.444 e. The van der Waals surface area contributed by atoms with E-state index in [-0.39, 0.29) is 6.08 Å². The fraction of sp³-hybridized carbons (Fsp3) is 0.0667. The number of nitrogens with zero attached hydrogens (tertiary/aromatic N) is 2. The molecule has 0 saturated carbocycles. The Morgan fingerprint density at radius 1 is 1.05 bits per heavy atom. The molecule has 0 aliphatic carbocycles. The van der Waals surface area contributed by atoms with Crippen LogP contribution in [0.1, 0.15) is 0 Å². The molecular weight excluding hydrogens is 291 g/mol. The molecular formula is C15H11FN2O4. The zero-order valence-corrected chi connectivity index (χ0v) is 11.5. The molecule has 3 rings (SSSR count). The third-order valence-electron chi connectivity index (χ3n) is 2.86. The van der Waals surface area contributed by atoms with Crippen molar-refractivity contribution >= 4 is 0 Å². The van der Waals surface area contributed by atoms with E-state index in [1.807, 2.05) is 0 Å². The number of ether oxygens (including phenoxy) is 2. The summed E-state index contributed by atoms with van der Waals surface area (Å²) in [5.74, 6) is -0.118. The molecule has 0 aliphatic heterocycles. The predicted molar refractivity (Wildman–Crippen MR) is 75.1 cm³/mol. The average Bonchev–Trinajstić information content (AvgIpc) is 2.90. The molecule has 0 saturated heterocycles. The number of hydrogen-bond donors (Lipinski definition) is 0. The van der Waals surface area contributed by atoms with Gasteiger partial charge in [0.1, 0.15) is 17.3 Å². The lowest BCUT2D eigenvalue weighted by Crippen LogP contribution is -2.13. The first kappa shape index (κ1) is 13.9. The summed E-state index contributed by atoms with van der Waals surface area (Å²) >= 11 is 0. The van der Waals surface area contributed by atoms with Gasteiger partial charge < -0.3 is 13.9 Å². The summed E-state index contributed by atoms with van der Waals surface area (Å²) in [5.41, 5.74) is 0.503. The highest BCUT2D eigenvalue weighted by molar-refractivity contribution is 5.36. The summed E-state index contributed by atoms with van der Waals surface area (Å²) in [6.07, 6.45) is -0.229. The molecule has 0 fully saturated rings. The molecule has 0 bridgehead atoms. The Hall–Kier alpha value is -3.09. The SMILES string of the molecule is COc1ccc(-n2nc(Oc3ccc(F)cc3)oc2=O)cc1. The van der Waals surface area contributed by atoms with Crippen molar-refractivity contribution in [3.8, 4) is 23.3 Å². The van der Waals surface area contributed by atoms with Crippen molar-refractivity contribution in [3.63, 3.8) is 0 Å². The van der Waals surface area contributed by atoms with Crippen molar-refractivity contribution in [1.82, 2.24) is 9.78 Å². The lowest BCUT2D eigenvalue weighted by molar-refractivity contribution is 0.320. The van der Waals surface area contributed by atoms with Gasteiger partial charge in [-0.3, -0.25) is 0 Å². The summed E-state index contributed by atoms with van der Waals surface area (Å²) in [6, 6.07) is 12.0. The van der Waals surface area contributed by atoms with Gasteiger partial charge in [-0.15, -0.1) is 0 Å². The van der Waals surface area contributed by atoms with Gasteiger partial charge in [0.25, 0.3) is 0 Å². The molecule has 112 valence electrons. The Bertz CT molecular complexity index is 822. The number of methoxy groups -OCH3 is 1. The largest absolute Gasteiger partial charge is 0.497 e. The molecule has 1 aromatic heterocycles. The van der Waals surface area contributed by atoms with Gasteiger partial charge in [-0.2, -0.15) is 4.68 Å². The van der Waals surface area contributed by atoms with Crippen molar-refractivity contribution in [2.45, 2.75) is 0 Å². The smallest absolute Gasteiger partial charge is 0.444 e. The van der Waals surface area contributed by atoms with E-state index in [1.54, 1.807) is 31.4 Å². The first-order chi connectivity index (χ1) is 10.7. The minimum absolute atomic E-state index is 0.229. The van der Waals surface area contributed by atoms with Gasteiger partial charge in [-0.25, -0.2) is 9.18 Å². The van der Waals surface area contributed by atoms with Crippen LogP contribution in [0.3, 0.4) is 0 Å². The summed E-state index contributed by atoms with van der Waals surface area (Å²) < 4.78 is 29.1. The van der Waals surface area contributed by atoms with Crippen LogP contribution in [-0.4, -0.2) is 16.9 Å². The van der Waals surface area contributed by atoms with Crippen LogP contribution in [0, 0.1) is 5.82 Å². The van der Waals surface area contributed by atoms with E-state index in [2.05, 4.69) is 5.10 Å². The third kappa shape index (κ3) is 2.83. The zero-order chi connectivity index (χ0) is 15.5. The minimum Gasteiger partial charge on any atom is -0.497 e. The number of hydrogen-bond acceptors (Lipinski definition) is 5. The van der Waals surface area contributed by atoms with Crippen LogP contribution in [-0.2, 0) is 0 Å². The lowest BCUT2D eigenvalue weighted by atomic mass is 10.3. The topological polar surface area (TPSA) is 66.5 Å². The predicted octanol–water partition coefficient (Wildman–Crippen LogP) is 2.77. The van der Waals surface area contributed by atoms with Crippen LogP contribution >= 0.6 is 0 Å². The quantitative estimate of drug-likeness (QED) is 0.741. The van der Waals surface area contributed by atoms with Crippen molar-refractivity contribution in [3.05, 3.63) is 64.9 Å². The van der Waals surface area contributed by atoms with Crippen molar-refractivity contribution in [2.75, 3.05) is 7.11 Å². The van der Waals surface area contributed by atoms with E-state index in [0.717, 1.165) is 4.68 Å². The van der Waals surface area contributed by atoms with Gasteiger partial charge in [0, 0.05) is 0 Å². The van der Waals surface area contributed by atoms with E-state index in [4.69, 9.17) is 13.9 Å². The molecule has 1 heterocycles. The number of benzene rings is 2. The molecule has 0 radical (unpaired) electrons. The van der Waals surface area contributed by atoms with Crippen LogP contribution in [0.25, 0.3) is 5.69 Å². The number of rotatable bonds is 4. The van der Waals surface area contributed by atoms with E-state index in [9.17, 15) is 9.18 Å². The Morgan fingerprint density at radius 3 is 2.32 bits per heavy atom. The minimum atomic E-state index is -0.692. The van der Waals surface area contributed by atoms with E-state index >= 15 is 0 Å². The average molecular weight is 302 g/mol. The van der Waals surface area contributed by atoms with E-state index in [0.29, 0.717) is 17.2 Å². The molecule has 0 atom stereocenters. The first-order valence-electron chi connectivity index (χ1n) is 6.34. The van der Waals surface area contributed by atoms with Gasteiger partial charge in [0.2, 0.25) is 0 Å². The molecule has 7 heteroatoms. The Balaban J connectivity index is 1.86. The van der Waals surface area contributed by atoms with E-state index < -0.39 is 11.6 Å². The highest BCUT2D eigenvalue weighted by atomic mass is 19.1. The van der Waals surface area contributed by atoms with Crippen molar-refractivity contribution < 1.29 is 18.3 Å². The van der Waals surface area contributed by atoms with Crippen LogP contribution in [0.4, 0.5) is 4.39 Å². The summed E-state index contributed by atoms with van der Waals surface area (Å²) in [5, 5.41) is 3.93. The normalized spacial score (nSPS) is 10.5. The maximum absolute atomic E-state index is 12.8.